The van der Waals surface area contributed by atoms with Gasteiger partial charge in [0.25, 0.3) is 0 Å². The molecule has 0 spiro atoms. The third-order valence-corrected chi connectivity index (χ3v) is 3.63. The topological polar surface area (TPSA) is 52.0 Å². The van der Waals surface area contributed by atoms with Gasteiger partial charge in [-0.05, 0) is 44.2 Å². The van der Waals surface area contributed by atoms with Crippen LogP contribution < -0.4 is 11.5 Å². The Morgan fingerprint density at radius 3 is 2.00 bits per heavy atom. The lowest BCUT2D eigenvalue weighted by Gasteiger charge is -2.24. The van der Waals surface area contributed by atoms with Gasteiger partial charge in [0.15, 0.2) is 0 Å². The molecule has 98 valence electrons. The molecule has 0 aromatic heterocycles. The summed E-state index contributed by atoms with van der Waals surface area (Å²) in [5.41, 5.74) is 11.2. The maximum absolute atomic E-state index is 5.61. The first-order valence-electron chi connectivity index (χ1n) is 7.16. The molecule has 0 bridgehead atoms. The Morgan fingerprint density at radius 1 is 0.812 bits per heavy atom. The normalized spacial score (nSPS) is 15.0. The molecule has 0 radical (unpaired) electrons. The SMILES string of the molecule is CCCCC(C)C(CCCN)CCCCN. The van der Waals surface area contributed by atoms with E-state index in [4.69, 9.17) is 11.5 Å². The minimum atomic E-state index is 0.840. The first-order chi connectivity index (χ1) is 7.76. The van der Waals surface area contributed by atoms with Gasteiger partial charge in [-0.25, -0.2) is 0 Å². The fraction of sp³-hybridized carbons (Fsp3) is 1.00. The third-order valence-electron chi connectivity index (χ3n) is 3.63. The molecule has 0 heterocycles. The van der Waals surface area contributed by atoms with Gasteiger partial charge in [0.1, 0.15) is 0 Å². The zero-order valence-electron chi connectivity index (χ0n) is 11.4. The highest BCUT2D eigenvalue weighted by Gasteiger charge is 2.15. The fourth-order valence-corrected chi connectivity index (χ4v) is 2.41. The Bertz CT molecular complexity index is 137. The van der Waals surface area contributed by atoms with Crippen LogP contribution >= 0.6 is 0 Å². The van der Waals surface area contributed by atoms with Gasteiger partial charge in [0.2, 0.25) is 0 Å². The Balaban J connectivity index is 3.86. The lowest BCUT2D eigenvalue weighted by Crippen LogP contribution is -2.14. The van der Waals surface area contributed by atoms with E-state index in [-0.39, 0.29) is 0 Å². The molecule has 2 heteroatoms. The highest BCUT2D eigenvalue weighted by atomic mass is 14.5. The van der Waals surface area contributed by atoms with Gasteiger partial charge in [-0.2, -0.15) is 0 Å². The lowest BCUT2D eigenvalue weighted by molar-refractivity contribution is 0.282. The highest BCUT2D eigenvalue weighted by Crippen LogP contribution is 2.27. The van der Waals surface area contributed by atoms with Crippen LogP contribution in [-0.2, 0) is 0 Å². The van der Waals surface area contributed by atoms with Crippen LogP contribution in [0.25, 0.3) is 0 Å². The molecule has 0 aromatic rings. The van der Waals surface area contributed by atoms with E-state index in [1.54, 1.807) is 0 Å². The molecule has 0 rings (SSSR count). The van der Waals surface area contributed by atoms with Gasteiger partial charge in [-0.1, -0.05) is 46.0 Å². The van der Waals surface area contributed by atoms with E-state index in [0.29, 0.717) is 0 Å². The lowest BCUT2D eigenvalue weighted by atomic mass is 9.83. The van der Waals surface area contributed by atoms with Crippen molar-refractivity contribution in [1.29, 1.82) is 0 Å². The van der Waals surface area contributed by atoms with Crippen molar-refractivity contribution in [2.45, 2.75) is 65.2 Å². The van der Waals surface area contributed by atoms with Crippen molar-refractivity contribution in [3.63, 3.8) is 0 Å². The number of unbranched alkanes of at least 4 members (excludes halogenated alkanes) is 2. The standard InChI is InChI=1S/C14H32N2/c1-3-4-8-13(2)14(10-7-12-16)9-5-6-11-15/h13-14H,3-12,15-16H2,1-2H3. The summed E-state index contributed by atoms with van der Waals surface area (Å²) in [5.74, 6) is 1.74. The van der Waals surface area contributed by atoms with Gasteiger partial charge >= 0.3 is 0 Å². The van der Waals surface area contributed by atoms with E-state index in [2.05, 4.69) is 13.8 Å². The van der Waals surface area contributed by atoms with E-state index in [1.807, 2.05) is 0 Å². The molecule has 0 aliphatic heterocycles. The predicted octanol–water partition coefficient (Wildman–Crippen LogP) is 3.30. The molecule has 0 aromatic carbocycles. The summed E-state index contributed by atoms with van der Waals surface area (Å²) in [6.07, 6.45) is 10.4. The van der Waals surface area contributed by atoms with E-state index in [0.717, 1.165) is 24.9 Å². The van der Waals surface area contributed by atoms with Crippen LogP contribution in [0.3, 0.4) is 0 Å². The number of hydrogen-bond donors (Lipinski definition) is 2. The maximum Gasteiger partial charge on any atom is -0.00772 e. The first kappa shape index (κ1) is 15.9. The van der Waals surface area contributed by atoms with Crippen LogP contribution in [0.4, 0.5) is 0 Å². The molecule has 0 fully saturated rings. The van der Waals surface area contributed by atoms with Crippen molar-refractivity contribution >= 4 is 0 Å². The second-order valence-corrected chi connectivity index (χ2v) is 5.09. The zero-order valence-corrected chi connectivity index (χ0v) is 11.4. The largest absolute Gasteiger partial charge is 0.330 e. The van der Waals surface area contributed by atoms with Crippen LogP contribution in [-0.4, -0.2) is 13.1 Å². The van der Waals surface area contributed by atoms with E-state index in [9.17, 15) is 0 Å². The van der Waals surface area contributed by atoms with Crippen molar-refractivity contribution < 1.29 is 0 Å². The van der Waals surface area contributed by atoms with Gasteiger partial charge in [0, 0.05) is 0 Å². The smallest absolute Gasteiger partial charge is 0.00772 e. The molecule has 0 saturated carbocycles. The Kier molecular flexibility index (Phi) is 11.3. The monoisotopic (exact) mass is 228 g/mol. The summed E-state index contributed by atoms with van der Waals surface area (Å²) >= 11 is 0. The summed E-state index contributed by atoms with van der Waals surface area (Å²) in [4.78, 5) is 0. The van der Waals surface area contributed by atoms with Crippen LogP contribution in [0.1, 0.15) is 65.2 Å². The Morgan fingerprint density at radius 2 is 1.44 bits per heavy atom. The molecule has 2 unspecified atom stereocenters. The summed E-state index contributed by atoms with van der Waals surface area (Å²) in [5, 5.41) is 0. The van der Waals surface area contributed by atoms with Crippen LogP contribution in [0, 0.1) is 11.8 Å². The predicted molar refractivity (Wildman–Crippen MR) is 73.4 cm³/mol. The van der Waals surface area contributed by atoms with Crippen LogP contribution in [0.5, 0.6) is 0 Å². The maximum atomic E-state index is 5.61. The van der Waals surface area contributed by atoms with Crippen molar-refractivity contribution in [2.24, 2.45) is 23.3 Å². The molecule has 2 atom stereocenters. The quantitative estimate of drug-likeness (QED) is 0.533. The Hall–Kier alpha value is -0.0800. The summed E-state index contributed by atoms with van der Waals surface area (Å²) < 4.78 is 0. The molecule has 0 aliphatic rings. The average molecular weight is 228 g/mol. The molecule has 2 nitrogen and oxygen atoms in total. The molecule has 16 heavy (non-hydrogen) atoms. The van der Waals surface area contributed by atoms with E-state index < -0.39 is 0 Å². The van der Waals surface area contributed by atoms with Crippen LogP contribution in [0.15, 0.2) is 0 Å². The van der Waals surface area contributed by atoms with Crippen molar-refractivity contribution in [3.8, 4) is 0 Å². The second-order valence-electron chi connectivity index (χ2n) is 5.09. The summed E-state index contributed by atoms with van der Waals surface area (Å²) in [7, 11) is 0. The second kappa shape index (κ2) is 11.4. The first-order valence-corrected chi connectivity index (χ1v) is 7.16. The molecule has 0 amide bonds. The minimum Gasteiger partial charge on any atom is -0.330 e. The third kappa shape index (κ3) is 8.12. The minimum absolute atomic E-state index is 0.840. The zero-order chi connectivity index (χ0) is 12.2. The molecule has 0 aliphatic carbocycles. The number of nitrogens with two attached hydrogens (primary N) is 2. The van der Waals surface area contributed by atoms with Crippen molar-refractivity contribution in [2.75, 3.05) is 13.1 Å². The average Bonchev–Trinajstić information content (AvgIpc) is 2.30. The Labute approximate surface area is 102 Å². The number of hydrogen-bond acceptors (Lipinski definition) is 2. The highest BCUT2D eigenvalue weighted by molar-refractivity contribution is 4.67. The number of rotatable bonds is 11. The van der Waals surface area contributed by atoms with Gasteiger partial charge in [-0.15, -0.1) is 0 Å². The van der Waals surface area contributed by atoms with Crippen LogP contribution in [0.2, 0.25) is 0 Å². The van der Waals surface area contributed by atoms with Gasteiger partial charge < -0.3 is 11.5 Å². The molecular weight excluding hydrogens is 196 g/mol. The molecular formula is C14H32N2. The van der Waals surface area contributed by atoms with Gasteiger partial charge in [-0.3, -0.25) is 0 Å². The van der Waals surface area contributed by atoms with Gasteiger partial charge in [0.05, 0.1) is 0 Å². The van der Waals surface area contributed by atoms with E-state index in [1.165, 1.54) is 51.4 Å². The molecule has 4 N–H and O–H groups in total. The molecule has 0 saturated heterocycles. The van der Waals surface area contributed by atoms with E-state index >= 15 is 0 Å². The fourth-order valence-electron chi connectivity index (χ4n) is 2.41. The van der Waals surface area contributed by atoms with Crippen molar-refractivity contribution in [3.05, 3.63) is 0 Å². The van der Waals surface area contributed by atoms with Crippen molar-refractivity contribution in [1.82, 2.24) is 0 Å². The summed E-state index contributed by atoms with van der Waals surface area (Å²) in [6, 6.07) is 0. The summed E-state index contributed by atoms with van der Waals surface area (Å²) in [6.45, 7) is 6.37.